The van der Waals surface area contributed by atoms with Gasteiger partial charge in [0, 0.05) is 24.3 Å². The first-order valence-electron chi connectivity index (χ1n) is 7.78. The van der Waals surface area contributed by atoms with Gasteiger partial charge < -0.3 is 10.1 Å². The molecule has 2 heterocycles. The molecule has 1 aromatic carbocycles. The van der Waals surface area contributed by atoms with Crippen LogP contribution in [0.15, 0.2) is 18.2 Å². The molecule has 1 fully saturated rings. The summed E-state index contributed by atoms with van der Waals surface area (Å²) in [5.74, 6) is -0.117. The molecule has 1 saturated heterocycles. The number of aromatic amines is 1. The molecule has 2 aliphatic rings. The summed E-state index contributed by atoms with van der Waals surface area (Å²) in [6.45, 7) is 4.25. The molecule has 124 valence electrons. The fraction of sp³-hybridized carbons (Fsp3) is 0.312. The van der Waals surface area contributed by atoms with Crippen molar-refractivity contribution in [2.75, 3.05) is 31.6 Å². The zero-order valence-corrected chi connectivity index (χ0v) is 13.2. The van der Waals surface area contributed by atoms with E-state index in [4.69, 9.17) is 4.74 Å². The highest BCUT2D eigenvalue weighted by Gasteiger charge is 2.33. The first kappa shape index (κ1) is 14.9. The number of nitrogens with one attached hydrogen (secondary N) is 3. The molecular weight excluding hydrogens is 310 g/mol. The average molecular weight is 327 g/mol. The average Bonchev–Trinajstić information content (AvgIpc) is 3.09. The van der Waals surface area contributed by atoms with Crippen molar-refractivity contribution in [1.82, 2.24) is 20.6 Å². The number of morpholine rings is 1. The smallest absolute Gasteiger partial charge is 0.333 e. The Kier molecular flexibility index (Phi) is 3.55. The van der Waals surface area contributed by atoms with Crippen LogP contribution in [0.4, 0.5) is 10.5 Å². The van der Waals surface area contributed by atoms with Gasteiger partial charge in [0.15, 0.2) is 5.78 Å². The first-order chi connectivity index (χ1) is 11.6. The summed E-state index contributed by atoms with van der Waals surface area (Å²) in [5, 5.41) is 11.6. The van der Waals surface area contributed by atoms with Crippen molar-refractivity contribution in [3.8, 4) is 11.3 Å². The molecule has 0 radical (unpaired) electrons. The van der Waals surface area contributed by atoms with Gasteiger partial charge in [0.2, 0.25) is 0 Å². The van der Waals surface area contributed by atoms with Gasteiger partial charge in [-0.1, -0.05) is 12.1 Å². The highest BCUT2D eigenvalue weighted by molar-refractivity contribution is 6.25. The highest BCUT2D eigenvalue weighted by Crippen LogP contribution is 2.40. The Labute approximate surface area is 138 Å². The number of carbonyl (C=O) groups is 2. The maximum Gasteiger partial charge on any atom is 0.333 e. The van der Waals surface area contributed by atoms with Gasteiger partial charge in [-0.3, -0.25) is 15.3 Å². The first-order valence-corrected chi connectivity index (χ1v) is 7.78. The Morgan fingerprint density at radius 1 is 1.29 bits per heavy atom. The van der Waals surface area contributed by atoms with Crippen LogP contribution in [0, 0.1) is 6.92 Å². The van der Waals surface area contributed by atoms with Crippen molar-refractivity contribution in [2.24, 2.45) is 0 Å². The number of nitrogens with zero attached hydrogens (tertiary/aromatic N) is 2. The monoisotopic (exact) mass is 327 g/mol. The van der Waals surface area contributed by atoms with Gasteiger partial charge in [0.1, 0.15) is 5.69 Å². The van der Waals surface area contributed by atoms with Crippen LogP contribution in [0.2, 0.25) is 0 Å². The zero-order valence-electron chi connectivity index (χ0n) is 13.2. The number of benzene rings is 1. The number of aryl methyl sites for hydroxylation is 1. The van der Waals surface area contributed by atoms with Gasteiger partial charge in [-0.05, 0) is 13.0 Å². The van der Waals surface area contributed by atoms with Gasteiger partial charge >= 0.3 is 6.03 Å². The summed E-state index contributed by atoms with van der Waals surface area (Å²) in [6, 6.07) is 4.99. The van der Waals surface area contributed by atoms with Gasteiger partial charge in [-0.2, -0.15) is 5.10 Å². The molecule has 8 nitrogen and oxygen atoms in total. The number of urea groups is 1. The normalized spacial score (nSPS) is 16.6. The van der Waals surface area contributed by atoms with E-state index in [0.717, 1.165) is 11.3 Å². The van der Waals surface area contributed by atoms with E-state index in [1.54, 1.807) is 17.1 Å². The van der Waals surface area contributed by atoms with Gasteiger partial charge in [0.05, 0.1) is 30.0 Å². The molecule has 0 spiro atoms. The van der Waals surface area contributed by atoms with Crippen molar-refractivity contribution in [3.63, 3.8) is 0 Å². The van der Waals surface area contributed by atoms with E-state index in [1.165, 1.54) is 0 Å². The summed E-state index contributed by atoms with van der Waals surface area (Å²) >= 11 is 0. The number of hydrogen-bond donors (Lipinski definition) is 3. The van der Waals surface area contributed by atoms with Crippen LogP contribution in [-0.4, -0.2) is 53.3 Å². The summed E-state index contributed by atoms with van der Waals surface area (Å²) in [6.07, 6.45) is 0. The Balaban J connectivity index is 1.57. The largest absolute Gasteiger partial charge is 0.379 e. The summed E-state index contributed by atoms with van der Waals surface area (Å²) in [4.78, 5) is 24.9. The lowest BCUT2D eigenvalue weighted by Gasteiger charge is -2.27. The van der Waals surface area contributed by atoms with E-state index in [2.05, 4.69) is 20.9 Å². The molecule has 0 unspecified atom stereocenters. The lowest BCUT2D eigenvalue weighted by molar-refractivity contribution is 0.0207. The van der Waals surface area contributed by atoms with E-state index in [-0.39, 0.29) is 11.8 Å². The van der Waals surface area contributed by atoms with Crippen LogP contribution in [0.3, 0.4) is 0 Å². The van der Waals surface area contributed by atoms with E-state index in [1.807, 2.05) is 13.0 Å². The Morgan fingerprint density at radius 3 is 2.88 bits per heavy atom. The molecule has 1 aliphatic carbocycles. The zero-order chi connectivity index (χ0) is 16.7. The second-order valence-electron chi connectivity index (χ2n) is 5.79. The minimum Gasteiger partial charge on any atom is -0.379 e. The maximum absolute atomic E-state index is 12.7. The minimum absolute atomic E-state index is 0.117. The van der Waals surface area contributed by atoms with Gasteiger partial charge in [-0.15, -0.1) is 0 Å². The Morgan fingerprint density at radius 2 is 2.08 bits per heavy atom. The van der Waals surface area contributed by atoms with Crippen molar-refractivity contribution < 1.29 is 14.3 Å². The molecular formula is C16H17N5O3. The van der Waals surface area contributed by atoms with Crippen LogP contribution in [0.25, 0.3) is 11.3 Å². The Bertz CT molecular complexity index is 823. The molecule has 4 rings (SSSR count). The number of ketones is 1. The van der Waals surface area contributed by atoms with Crippen molar-refractivity contribution in [1.29, 1.82) is 0 Å². The number of hydrazine groups is 1. The van der Waals surface area contributed by atoms with Crippen LogP contribution < -0.4 is 10.7 Å². The van der Waals surface area contributed by atoms with Crippen LogP contribution in [-0.2, 0) is 4.74 Å². The van der Waals surface area contributed by atoms with Crippen molar-refractivity contribution in [2.45, 2.75) is 6.92 Å². The molecule has 0 saturated carbocycles. The summed E-state index contributed by atoms with van der Waals surface area (Å²) in [7, 11) is 0. The fourth-order valence-electron chi connectivity index (χ4n) is 3.09. The molecule has 1 aromatic heterocycles. The third kappa shape index (κ3) is 2.36. The fourth-order valence-corrected chi connectivity index (χ4v) is 3.09. The van der Waals surface area contributed by atoms with E-state index in [9.17, 15) is 9.59 Å². The van der Waals surface area contributed by atoms with Gasteiger partial charge in [-0.25, -0.2) is 9.80 Å². The predicted molar refractivity (Wildman–Crippen MR) is 86.7 cm³/mol. The number of ether oxygens (including phenoxy) is 1. The quantitative estimate of drug-likeness (QED) is 0.659. The number of H-pyrrole nitrogens is 1. The third-order valence-electron chi connectivity index (χ3n) is 4.24. The lowest BCUT2D eigenvalue weighted by atomic mass is 10.1. The highest BCUT2D eigenvalue weighted by atomic mass is 16.5. The summed E-state index contributed by atoms with van der Waals surface area (Å²) < 4.78 is 5.24. The van der Waals surface area contributed by atoms with Gasteiger partial charge in [0.25, 0.3) is 0 Å². The van der Waals surface area contributed by atoms with Crippen molar-refractivity contribution in [3.05, 3.63) is 35.0 Å². The molecule has 0 bridgehead atoms. The lowest BCUT2D eigenvalue weighted by Crippen LogP contribution is -2.49. The molecule has 1 aliphatic heterocycles. The number of fused-ring (bicyclic) bond motifs is 3. The second kappa shape index (κ2) is 5.73. The number of rotatable bonds is 2. The number of amides is 2. The van der Waals surface area contributed by atoms with E-state index < -0.39 is 0 Å². The van der Waals surface area contributed by atoms with Crippen LogP contribution in [0.5, 0.6) is 0 Å². The molecule has 3 N–H and O–H groups in total. The van der Waals surface area contributed by atoms with E-state index in [0.29, 0.717) is 48.8 Å². The molecule has 24 heavy (non-hydrogen) atoms. The summed E-state index contributed by atoms with van der Waals surface area (Å²) in [5.41, 5.74) is 6.44. The number of carbonyl (C=O) groups excluding carboxylic acids is 2. The minimum atomic E-state index is -0.374. The third-order valence-corrected chi connectivity index (χ3v) is 4.24. The molecule has 2 aromatic rings. The number of hydrogen-bond acceptors (Lipinski definition) is 5. The molecule has 8 heteroatoms. The van der Waals surface area contributed by atoms with E-state index >= 15 is 0 Å². The maximum atomic E-state index is 12.7. The molecule has 0 atom stereocenters. The topological polar surface area (TPSA) is 99.3 Å². The van der Waals surface area contributed by atoms with Crippen LogP contribution >= 0.6 is 0 Å². The number of anilines is 1. The standard InChI is InChI=1S/C16H17N5O3/c1-9-12-14(19-18-9)10-3-2-4-11(13(10)15(12)22)17-16(23)20-21-5-7-24-8-6-21/h2-4H,5-8H2,1H3,(H,18,19)(H2,17,20,23). The SMILES string of the molecule is Cc1[nH]nc2c1C(=O)c1c(NC(=O)NN3CCOCC3)cccc1-2. The second-order valence-corrected chi connectivity index (χ2v) is 5.79. The Hall–Kier alpha value is -2.71. The van der Waals surface area contributed by atoms with Crippen LogP contribution in [0.1, 0.15) is 21.6 Å². The molecule has 2 amide bonds. The van der Waals surface area contributed by atoms with Crippen molar-refractivity contribution >= 4 is 17.5 Å². The number of aromatic nitrogens is 2. The predicted octanol–water partition coefficient (Wildman–Crippen LogP) is 1.30.